The van der Waals surface area contributed by atoms with Crippen LogP contribution in [-0.4, -0.2) is 35.4 Å². The van der Waals surface area contributed by atoms with Crippen LogP contribution in [-0.2, 0) is 14.3 Å². The van der Waals surface area contributed by atoms with Crippen molar-refractivity contribution in [2.24, 2.45) is 0 Å². The van der Waals surface area contributed by atoms with Gasteiger partial charge in [0.2, 0.25) is 0 Å². The summed E-state index contributed by atoms with van der Waals surface area (Å²) >= 11 is 0. The number of ether oxygens (including phenoxy) is 1. The molecular formula is C19H36O5. The Hall–Kier alpha value is -1.10. The van der Waals surface area contributed by atoms with Crippen molar-refractivity contribution in [2.45, 2.75) is 96.3 Å². The fraction of sp³-hybridized carbons (Fsp3) is 0.895. The van der Waals surface area contributed by atoms with Crippen molar-refractivity contribution < 1.29 is 24.5 Å². The lowest BCUT2D eigenvalue weighted by Gasteiger charge is -2.05. The van der Waals surface area contributed by atoms with Crippen LogP contribution in [0.15, 0.2) is 0 Å². The number of aliphatic hydroxyl groups is 1. The normalized spacial score (nSPS) is 10.7. The molecule has 0 saturated carbocycles. The Bertz CT molecular complexity index is 304. The van der Waals surface area contributed by atoms with Gasteiger partial charge in [-0.15, -0.1) is 0 Å². The molecule has 0 aromatic heterocycles. The summed E-state index contributed by atoms with van der Waals surface area (Å²) in [7, 11) is 0. The van der Waals surface area contributed by atoms with Crippen LogP contribution in [0.25, 0.3) is 0 Å². The van der Waals surface area contributed by atoms with Crippen molar-refractivity contribution in [2.75, 3.05) is 13.2 Å². The van der Waals surface area contributed by atoms with Crippen LogP contribution in [0.1, 0.15) is 96.3 Å². The van der Waals surface area contributed by atoms with Gasteiger partial charge >= 0.3 is 11.9 Å². The van der Waals surface area contributed by atoms with Gasteiger partial charge in [0.25, 0.3) is 0 Å². The quantitative estimate of drug-likeness (QED) is 0.283. The number of aliphatic carboxylic acids is 1. The molecule has 24 heavy (non-hydrogen) atoms. The molecule has 0 radical (unpaired) electrons. The van der Waals surface area contributed by atoms with Crippen LogP contribution in [0.2, 0.25) is 0 Å². The van der Waals surface area contributed by atoms with Crippen molar-refractivity contribution in [3.05, 3.63) is 0 Å². The van der Waals surface area contributed by atoms with E-state index in [-0.39, 0.29) is 12.4 Å². The van der Waals surface area contributed by atoms with Crippen molar-refractivity contribution >= 4 is 11.9 Å². The summed E-state index contributed by atoms with van der Waals surface area (Å²) in [6, 6.07) is 0. The molecule has 5 nitrogen and oxygen atoms in total. The number of hydrogen-bond acceptors (Lipinski definition) is 4. The van der Waals surface area contributed by atoms with Crippen LogP contribution >= 0.6 is 0 Å². The number of rotatable bonds is 18. The van der Waals surface area contributed by atoms with Gasteiger partial charge in [0.05, 0.1) is 6.61 Å². The molecule has 0 aliphatic heterocycles. The molecule has 0 rings (SSSR count). The predicted molar refractivity (Wildman–Crippen MR) is 94.9 cm³/mol. The van der Waals surface area contributed by atoms with Crippen molar-refractivity contribution in [3.8, 4) is 0 Å². The van der Waals surface area contributed by atoms with E-state index in [0.717, 1.165) is 57.8 Å². The summed E-state index contributed by atoms with van der Waals surface area (Å²) in [6.07, 6.45) is 14.1. The molecule has 0 aromatic rings. The zero-order valence-corrected chi connectivity index (χ0v) is 15.1. The van der Waals surface area contributed by atoms with E-state index in [9.17, 15) is 9.59 Å². The van der Waals surface area contributed by atoms with Gasteiger partial charge < -0.3 is 14.9 Å². The molecule has 0 amide bonds. The van der Waals surface area contributed by atoms with Crippen LogP contribution in [0.3, 0.4) is 0 Å². The number of carbonyl (C=O) groups excluding carboxylic acids is 1. The molecule has 0 spiro atoms. The molecule has 0 aliphatic carbocycles. The van der Waals surface area contributed by atoms with Crippen LogP contribution in [0, 0.1) is 0 Å². The van der Waals surface area contributed by atoms with E-state index in [0.29, 0.717) is 19.6 Å². The van der Waals surface area contributed by atoms with E-state index in [2.05, 4.69) is 0 Å². The maximum absolute atomic E-state index is 11.5. The fourth-order valence-corrected chi connectivity index (χ4v) is 2.61. The highest BCUT2D eigenvalue weighted by molar-refractivity contribution is 5.69. The van der Waals surface area contributed by atoms with Gasteiger partial charge in [0.15, 0.2) is 0 Å². The monoisotopic (exact) mass is 344 g/mol. The SMILES string of the molecule is O=C(O)CCCCCCCC(=O)OCCCCCCCCCCO. The maximum Gasteiger partial charge on any atom is 0.305 e. The molecule has 0 fully saturated rings. The number of unbranched alkanes of at least 4 members (excludes halogenated alkanes) is 11. The summed E-state index contributed by atoms with van der Waals surface area (Å²) in [5.74, 6) is -0.843. The Balaban J connectivity index is 3.17. The van der Waals surface area contributed by atoms with Crippen molar-refractivity contribution in [3.63, 3.8) is 0 Å². The summed E-state index contributed by atoms with van der Waals surface area (Å²) in [6.45, 7) is 0.831. The molecule has 2 N–H and O–H groups in total. The van der Waals surface area contributed by atoms with E-state index in [4.69, 9.17) is 14.9 Å². The molecule has 0 saturated heterocycles. The molecule has 0 atom stereocenters. The lowest BCUT2D eigenvalue weighted by atomic mass is 10.1. The van der Waals surface area contributed by atoms with E-state index in [1.54, 1.807) is 0 Å². The smallest absolute Gasteiger partial charge is 0.305 e. The number of aliphatic hydroxyl groups excluding tert-OH is 1. The first-order valence-electron chi connectivity index (χ1n) is 9.65. The highest BCUT2D eigenvalue weighted by Crippen LogP contribution is 2.10. The Labute approximate surface area is 146 Å². The summed E-state index contributed by atoms with van der Waals surface area (Å²) in [4.78, 5) is 21.9. The summed E-state index contributed by atoms with van der Waals surface area (Å²) in [5, 5.41) is 17.2. The Morgan fingerprint density at radius 3 is 1.62 bits per heavy atom. The molecule has 5 heteroatoms. The van der Waals surface area contributed by atoms with Crippen molar-refractivity contribution in [1.82, 2.24) is 0 Å². The fourth-order valence-electron chi connectivity index (χ4n) is 2.61. The lowest BCUT2D eigenvalue weighted by molar-refractivity contribution is -0.144. The van der Waals surface area contributed by atoms with Gasteiger partial charge in [-0.1, -0.05) is 57.8 Å². The molecule has 0 aliphatic rings. The largest absolute Gasteiger partial charge is 0.481 e. The van der Waals surface area contributed by atoms with Gasteiger partial charge in [0, 0.05) is 19.4 Å². The average Bonchev–Trinajstić information content (AvgIpc) is 2.55. The lowest BCUT2D eigenvalue weighted by Crippen LogP contribution is -2.05. The van der Waals surface area contributed by atoms with E-state index >= 15 is 0 Å². The standard InChI is InChI=1S/C19H36O5/c20-16-12-8-3-1-2-4-9-13-17-24-19(23)15-11-7-5-6-10-14-18(21)22/h20H,1-17H2,(H,21,22). The second kappa shape index (κ2) is 18.2. The van der Waals surface area contributed by atoms with E-state index in [1.807, 2.05) is 0 Å². The molecule has 142 valence electrons. The van der Waals surface area contributed by atoms with Gasteiger partial charge in [-0.3, -0.25) is 9.59 Å². The van der Waals surface area contributed by atoms with Gasteiger partial charge in [0.1, 0.15) is 0 Å². The topological polar surface area (TPSA) is 83.8 Å². The third-order valence-corrected chi connectivity index (χ3v) is 4.09. The number of carboxylic acid groups (broad SMARTS) is 1. The number of esters is 1. The third-order valence-electron chi connectivity index (χ3n) is 4.09. The Morgan fingerprint density at radius 2 is 1.08 bits per heavy atom. The molecule has 0 heterocycles. The molecule has 0 unspecified atom stereocenters. The Morgan fingerprint density at radius 1 is 0.625 bits per heavy atom. The first-order chi connectivity index (χ1) is 11.7. The number of carboxylic acids is 1. The third kappa shape index (κ3) is 18.9. The Kier molecular flexibility index (Phi) is 17.4. The minimum Gasteiger partial charge on any atom is -0.481 e. The zero-order valence-electron chi connectivity index (χ0n) is 15.1. The minimum atomic E-state index is -0.736. The van der Waals surface area contributed by atoms with Crippen LogP contribution < -0.4 is 0 Å². The average molecular weight is 344 g/mol. The maximum atomic E-state index is 11.5. The number of hydrogen-bond donors (Lipinski definition) is 2. The van der Waals surface area contributed by atoms with Crippen LogP contribution in [0.4, 0.5) is 0 Å². The van der Waals surface area contributed by atoms with Gasteiger partial charge in [-0.05, 0) is 25.7 Å². The van der Waals surface area contributed by atoms with E-state index in [1.165, 1.54) is 25.7 Å². The number of carbonyl (C=O) groups is 2. The zero-order chi connectivity index (χ0) is 17.9. The summed E-state index contributed by atoms with van der Waals surface area (Å²) < 4.78 is 5.22. The minimum absolute atomic E-state index is 0.107. The molecular weight excluding hydrogens is 308 g/mol. The van der Waals surface area contributed by atoms with Gasteiger partial charge in [-0.25, -0.2) is 0 Å². The van der Waals surface area contributed by atoms with Crippen molar-refractivity contribution in [1.29, 1.82) is 0 Å². The first kappa shape index (κ1) is 22.9. The van der Waals surface area contributed by atoms with E-state index < -0.39 is 5.97 Å². The summed E-state index contributed by atoms with van der Waals surface area (Å²) in [5.41, 5.74) is 0. The van der Waals surface area contributed by atoms with Crippen LogP contribution in [0.5, 0.6) is 0 Å². The highest BCUT2D eigenvalue weighted by Gasteiger charge is 2.03. The second-order valence-electron chi connectivity index (χ2n) is 6.43. The molecule has 0 bridgehead atoms. The second-order valence-corrected chi connectivity index (χ2v) is 6.43. The van der Waals surface area contributed by atoms with Gasteiger partial charge in [-0.2, -0.15) is 0 Å². The molecule has 0 aromatic carbocycles. The predicted octanol–water partition coefficient (Wildman–Crippen LogP) is 4.46. The first-order valence-corrected chi connectivity index (χ1v) is 9.65. The highest BCUT2D eigenvalue weighted by atomic mass is 16.5.